The Bertz CT molecular complexity index is 117. The molecule has 0 aliphatic heterocycles. The lowest BCUT2D eigenvalue weighted by Crippen LogP contribution is -2.32. The van der Waals surface area contributed by atoms with E-state index in [1.807, 2.05) is 13.8 Å². The van der Waals surface area contributed by atoms with Crippen LogP contribution in [0.4, 0.5) is 0 Å². The van der Waals surface area contributed by atoms with Crippen LogP contribution in [0.1, 0.15) is 20.3 Å². The van der Waals surface area contributed by atoms with E-state index in [1.54, 1.807) is 0 Å². The van der Waals surface area contributed by atoms with Gasteiger partial charge in [-0.2, -0.15) is 0 Å². The summed E-state index contributed by atoms with van der Waals surface area (Å²) in [4.78, 5) is 10.7. The van der Waals surface area contributed by atoms with Gasteiger partial charge in [-0.3, -0.25) is 4.79 Å². The molecule has 68 valence electrons. The number of hydrogen-bond donors (Lipinski definition) is 1. The van der Waals surface area contributed by atoms with Crippen molar-refractivity contribution >= 4 is 18.4 Å². The lowest BCUT2D eigenvalue weighted by atomic mass is 10.1. The van der Waals surface area contributed by atoms with Gasteiger partial charge in [-0.15, -0.1) is 12.4 Å². The highest BCUT2D eigenvalue weighted by atomic mass is 35.5. The number of ether oxygens (including phenoxy) is 1. The predicted molar refractivity (Wildman–Crippen MR) is 46.7 cm³/mol. The normalized spacial score (nSPS) is 12.1. The monoisotopic (exact) mass is 181 g/mol. The van der Waals surface area contributed by atoms with E-state index in [0.717, 1.165) is 0 Å². The van der Waals surface area contributed by atoms with Crippen LogP contribution < -0.4 is 5.73 Å². The van der Waals surface area contributed by atoms with Crippen LogP contribution in [0.5, 0.6) is 0 Å². The van der Waals surface area contributed by atoms with Gasteiger partial charge in [0.05, 0.1) is 7.11 Å². The molecular weight excluding hydrogens is 166 g/mol. The fourth-order valence-corrected chi connectivity index (χ4v) is 0.755. The summed E-state index contributed by atoms with van der Waals surface area (Å²) >= 11 is 0. The molecule has 0 aromatic rings. The highest BCUT2D eigenvalue weighted by Crippen LogP contribution is 2.02. The second kappa shape index (κ2) is 6.43. The Morgan fingerprint density at radius 3 is 2.27 bits per heavy atom. The molecule has 0 aliphatic rings. The molecule has 0 saturated heterocycles. The van der Waals surface area contributed by atoms with Crippen LogP contribution in [-0.4, -0.2) is 19.1 Å². The third kappa shape index (κ3) is 6.13. The minimum absolute atomic E-state index is 0. The van der Waals surface area contributed by atoms with Gasteiger partial charge >= 0.3 is 5.97 Å². The van der Waals surface area contributed by atoms with Crippen LogP contribution in [0.3, 0.4) is 0 Å². The van der Waals surface area contributed by atoms with Crippen molar-refractivity contribution in [1.82, 2.24) is 0 Å². The summed E-state index contributed by atoms with van der Waals surface area (Å²) in [6, 6.07) is -0.454. The number of rotatable bonds is 3. The summed E-state index contributed by atoms with van der Waals surface area (Å²) in [6.45, 7) is 4.03. The zero-order chi connectivity index (χ0) is 8.15. The lowest BCUT2D eigenvalue weighted by Gasteiger charge is -2.10. The first kappa shape index (κ1) is 13.3. The first-order valence-electron chi connectivity index (χ1n) is 3.41. The van der Waals surface area contributed by atoms with Gasteiger partial charge in [-0.05, 0) is 12.3 Å². The van der Waals surface area contributed by atoms with Crippen LogP contribution in [0.2, 0.25) is 0 Å². The first-order valence-corrected chi connectivity index (χ1v) is 3.41. The summed E-state index contributed by atoms with van der Waals surface area (Å²) in [6.07, 6.45) is 0.687. The van der Waals surface area contributed by atoms with Gasteiger partial charge < -0.3 is 10.5 Å². The molecule has 0 heterocycles. The van der Waals surface area contributed by atoms with E-state index in [2.05, 4.69) is 4.74 Å². The van der Waals surface area contributed by atoms with Crippen LogP contribution in [-0.2, 0) is 9.53 Å². The summed E-state index contributed by atoms with van der Waals surface area (Å²) in [5.74, 6) is 0.114. The minimum atomic E-state index is -0.454. The first-order chi connectivity index (χ1) is 4.57. The molecule has 0 rings (SSSR count). The predicted octanol–water partition coefficient (Wildman–Crippen LogP) is 0.955. The van der Waals surface area contributed by atoms with Crippen molar-refractivity contribution in [3.63, 3.8) is 0 Å². The average Bonchev–Trinajstić information content (AvgIpc) is 1.85. The average molecular weight is 182 g/mol. The topological polar surface area (TPSA) is 52.3 Å². The zero-order valence-corrected chi connectivity index (χ0v) is 7.98. The summed E-state index contributed by atoms with van der Waals surface area (Å²) in [5, 5.41) is 0. The molecule has 2 N–H and O–H groups in total. The molecule has 4 heteroatoms. The van der Waals surface area contributed by atoms with Gasteiger partial charge in [0, 0.05) is 0 Å². The quantitative estimate of drug-likeness (QED) is 0.660. The number of carbonyl (C=O) groups excluding carboxylic acids is 1. The Morgan fingerprint density at radius 1 is 1.55 bits per heavy atom. The number of esters is 1. The maximum atomic E-state index is 10.7. The molecule has 0 aromatic carbocycles. The number of methoxy groups -OCH3 is 1. The number of hydrogen-bond acceptors (Lipinski definition) is 3. The van der Waals surface area contributed by atoms with Crippen LogP contribution in [0, 0.1) is 5.92 Å². The van der Waals surface area contributed by atoms with E-state index in [4.69, 9.17) is 5.73 Å². The Morgan fingerprint density at radius 2 is 2.00 bits per heavy atom. The molecule has 0 saturated carbocycles. The molecule has 0 unspecified atom stereocenters. The van der Waals surface area contributed by atoms with Crippen molar-refractivity contribution in [3.05, 3.63) is 0 Å². The Balaban J connectivity index is 0. The van der Waals surface area contributed by atoms with Crippen LogP contribution >= 0.6 is 12.4 Å². The van der Waals surface area contributed by atoms with E-state index >= 15 is 0 Å². The molecule has 0 amide bonds. The molecule has 0 radical (unpaired) electrons. The van der Waals surface area contributed by atoms with Crippen LogP contribution in [0.15, 0.2) is 0 Å². The SMILES string of the molecule is COC(=O)[C@@H](N)CC(C)C.Cl. The van der Waals surface area contributed by atoms with E-state index in [-0.39, 0.29) is 18.4 Å². The third-order valence-electron chi connectivity index (χ3n) is 1.23. The van der Waals surface area contributed by atoms with Gasteiger partial charge in [0.15, 0.2) is 0 Å². The van der Waals surface area contributed by atoms with E-state index < -0.39 is 6.04 Å². The van der Waals surface area contributed by atoms with Crippen molar-refractivity contribution in [2.24, 2.45) is 11.7 Å². The maximum Gasteiger partial charge on any atom is 0.322 e. The molecular formula is C7H16ClNO2. The van der Waals surface area contributed by atoms with Gasteiger partial charge in [-0.1, -0.05) is 13.8 Å². The number of carbonyl (C=O) groups is 1. The lowest BCUT2D eigenvalue weighted by molar-refractivity contribution is -0.142. The highest BCUT2D eigenvalue weighted by Gasteiger charge is 2.14. The molecule has 0 fully saturated rings. The molecule has 0 aliphatic carbocycles. The van der Waals surface area contributed by atoms with E-state index in [1.165, 1.54) is 7.11 Å². The summed E-state index contributed by atoms with van der Waals surface area (Å²) < 4.78 is 4.45. The second-order valence-corrected chi connectivity index (χ2v) is 2.76. The second-order valence-electron chi connectivity index (χ2n) is 2.76. The standard InChI is InChI=1S/C7H15NO2.ClH/c1-5(2)4-6(8)7(9)10-3;/h5-6H,4,8H2,1-3H3;1H/t6-;/m0./s1. The maximum absolute atomic E-state index is 10.7. The molecule has 1 atom stereocenters. The third-order valence-corrected chi connectivity index (χ3v) is 1.23. The molecule has 0 aromatic heterocycles. The Labute approximate surface area is 73.7 Å². The van der Waals surface area contributed by atoms with Crippen LogP contribution in [0.25, 0.3) is 0 Å². The highest BCUT2D eigenvalue weighted by molar-refractivity contribution is 5.85. The minimum Gasteiger partial charge on any atom is -0.468 e. The van der Waals surface area contributed by atoms with E-state index in [0.29, 0.717) is 12.3 Å². The molecule has 0 bridgehead atoms. The molecule has 0 spiro atoms. The Hall–Kier alpha value is -0.280. The summed E-state index contributed by atoms with van der Waals surface area (Å²) in [7, 11) is 1.35. The molecule has 3 nitrogen and oxygen atoms in total. The van der Waals surface area contributed by atoms with Crippen molar-refractivity contribution in [3.8, 4) is 0 Å². The van der Waals surface area contributed by atoms with Gasteiger partial charge in [-0.25, -0.2) is 0 Å². The Kier molecular flexibility index (Phi) is 7.79. The van der Waals surface area contributed by atoms with Crippen molar-refractivity contribution in [2.75, 3.05) is 7.11 Å². The van der Waals surface area contributed by atoms with Gasteiger partial charge in [0.2, 0.25) is 0 Å². The zero-order valence-electron chi connectivity index (χ0n) is 7.16. The molecule has 11 heavy (non-hydrogen) atoms. The largest absolute Gasteiger partial charge is 0.468 e. The smallest absolute Gasteiger partial charge is 0.322 e. The van der Waals surface area contributed by atoms with Crippen molar-refractivity contribution in [2.45, 2.75) is 26.3 Å². The summed E-state index contributed by atoms with van der Waals surface area (Å²) in [5.41, 5.74) is 5.45. The van der Waals surface area contributed by atoms with E-state index in [9.17, 15) is 4.79 Å². The number of halogens is 1. The van der Waals surface area contributed by atoms with Gasteiger partial charge in [0.1, 0.15) is 6.04 Å². The fraction of sp³-hybridized carbons (Fsp3) is 0.857. The van der Waals surface area contributed by atoms with Crippen molar-refractivity contribution in [1.29, 1.82) is 0 Å². The van der Waals surface area contributed by atoms with Crippen molar-refractivity contribution < 1.29 is 9.53 Å². The fourth-order valence-electron chi connectivity index (χ4n) is 0.755. The van der Waals surface area contributed by atoms with Gasteiger partial charge in [0.25, 0.3) is 0 Å². The number of nitrogens with two attached hydrogens (primary N) is 1.